The van der Waals surface area contributed by atoms with Crippen molar-refractivity contribution in [3.63, 3.8) is 0 Å². The van der Waals surface area contributed by atoms with E-state index in [1.165, 1.54) is 9.26 Å². The Balaban J connectivity index is 2.02. The molecule has 0 fully saturated rings. The fraction of sp³-hybridized carbons (Fsp3) is 0.182. The van der Waals surface area contributed by atoms with Gasteiger partial charge in [-0.25, -0.2) is 4.98 Å². The van der Waals surface area contributed by atoms with Gasteiger partial charge in [-0.1, -0.05) is 12.1 Å². The van der Waals surface area contributed by atoms with Crippen LogP contribution in [0.5, 0.6) is 0 Å². The number of rotatable bonds is 3. The lowest BCUT2D eigenvalue weighted by Gasteiger charge is -2.06. The summed E-state index contributed by atoms with van der Waals surface area (Å²) >= 11 is 4.02. The first-order chi connectivity index (χ1) is 7.25. The molecule has 0 spiro atoms. The van der Waals surface area contributed by atoms with Crippen molar-refractivity contribution < 1.29 is 0 Å². The maximum absolute atomic E-state index is 4.41. The number of halogens is 1. The lowest BCUT2D eigenvalue weighted by Crippen LogP contribution is -2.00. The monoisotopic (exact) mass is 330 g/mol. The van der Waals surface area contributed by atoms with Crippen molar-refractivity contribution in [1.82, 2.24) is 4.98 Å². The van der Waals surface area contributed by atoms with Gasteiger partial charge in [0, 0.05) is 14.6 Å². The maximum Gasteiger partial charge on any atom is 0.0898 e. The number of thiazole rings is 1. The van der Waals surface area contributed by atoms with E-state index in [2.05, 4.69) is 50.4 Å². The molecule has 0 radical (unpaired) electrons. The minimum Gasteiger partial charge on any atom is -0.379 e. The minimum absolute atomic E-state index is 0.796. The Morgan fingerprint density at radius 1 is 1.40 bits per heavy atom. The van der Waals surface area contributed by atoms with Gasteiger partial charge in [0.2, 0.25) is 0 Å². The van der Waals surface area contributed by atoms with E-state index in [1.54, 1.807) is 11.3 Å². The zero-order valence-corrected chi connectivity index (χ0v) is 11.3. The van der Waals surface area contributed by atoms with Crippen LogP contribution in [0.15, 0.2) is 29.6 Å². The number of hydrogen-bond donors (Lipinski definition) is 1. The third-order valence-electron chi connectivity index (χ3n) is 2.00. The highest BCUT2D eigenvalue weighted by molar-refractivity contribution is 14.1. The van der Waals surface area contributed by atoms with Crippen molar-refractivity contribution in [2.75, 3.05) is 5.32 Å². The number of nitrogens with one attached hydrogen (secondary N) is 1. The average molecular weight is 330 g/mol. The highest BCUT2D eigenvalue weighted by atomic mass is 127. The van der Waals surface area contributed by atoms with Crippen molar-refractivity contribution in [2.24, 2.45) is 0 Å². The predicted octanol–water partition coefficient (Wildman–Crippen LogP) is 3.67. The summed E-state index contributed by atoms with van der Waals surface area (Å²) in [7, 11) is 0. The van der Waals surface area contributed by atoms with Crippen LogP contribution in [0, 0.1) is 10.5 Å². The van der Waals surface area contributed by atoms with Crippen molar-refractivity contribution in [1.29, 1.82) is 0 Å². The molecule has 78 valence electrons. The molecule has 1 N–H and O–H groups in total. The van der Waals surface area contributed by atoms with Gasteiger partial charge in [-0.3, -0.25) is 0 Å². The topological polar surface area (TPSA) is 24.9 Å². The molecule has 2 nitrogen and oxygen atoms in total. The van der Waals surface area contributed by atoms with E-state index in [1.807, 2.05) is 19.1 Å². The standard InChI is InChI=1S/C11H11IN2S/c1-8-14-9(7-15-8)6-13-11-5-3-2-4-10(11)12/h2-5,7,13H,6H2,1H3. The highest BCUT2D eigenvalue weighted by Gasteiger charge is 2.00. The third kappa shape index (κ3) is 2.92. The van der Waals surface area contributed by atoms with Crippen molar-refractivity contribution >= 4 is 39.6 Å². The second-order valence-electron chi connectivity index (χ2n) is 3.19. The summed E-state index contributed by atoms with van der Waals surface area (Å²) in [5.74, 6) is 0. The first-order valence-electron chi connectivity index (χ1n) is 4.65. The molecule has 0 aliphatic carbocycles. The van der Waals surface area contributed by atoms with E-state index >= 15 is 0 Å². The number of para-hydroxylation sites is 1. The number of aromatic nitrogens is 1. The first-order valence-corrected chi connectivity index (χ1v) is 6.61. The fourth-order valence-electron chi connectivity index (χ4n) is 1.28. The van der Waals surface area contributed by atoms with Gasteiger partial charge in [0.05, 0.1) is 17.2 Å². The number of aryl methyl sites for hydroxylation is 1. The van der Waals surface area contributed by atoms with E-state index in [-0.39, 0.29) is 0 Å². The van der Waals surface area contributed by atoms with Gasteiger partial charge in [-0.2, -0.15) is 0 Å². The average Bonchev–Trinajstić information content (AvgIpc) is 2.63. The van der Waals surface area contributed by atoms with Gasteiger partial charge < -0.3 is 5.32 Å². The molecule has 0 amide bonds. The molecule has 1 aromatic heterocycles. The molecule has 2 aromatic rings. The normalized spacial score (nSPS) is 10.3. The van der Waals surface area contributed by atoms with Crippen molar-refractivity contribution in [2.45, 2.75) is 13.5 Å². The van der Waals surface area contributed by atoms with E-state index < -0.39 is 0 Å². The Labute approximate surface area is 107 Å². The van der Waals surface area contributed by atoms with Crippen LogP contribution >= 0.6 is 33.9 Å². The van der Waals surface area contributed by atoms with Crippen LogP contribution in [0.4, 0.5) is 5.69 Å². The Bertz CT molecular complexity index is 453. The van der Waals surface area contributed by atoms with E-state index in [4.69, 9.17) is 0 Å². The van der Waals surface area contributed by atoms with Gasteiger partial charge in [-0.15, -0.1) is 11.3 Å². The zero-order chi connectivity index (χ0) is 10.7. The van der Waals surface area contributed by atoms with Gasteiger partial charge in [0.1, 0.15) is 0 Å². The first kappa shape index (κ1) is 10.9. The largest absolute Gasteiger partial charge is 0.379 e. The van der Waals surface area contributed by atoms with E-state index in [9.17, 15) is 0 Å². The summed E-state index contributed by atoms with van der Waals surface area (Å²) in [6.45, 7) is 2.82. The molecule has 0 bridgehead atoms. The molecule has 15 heavy (non-hydrogen) atoms. The summed E-state index contributed by atoms with van der Waals surface area (Å²) in [4.78, 5) is 4.41. The number of hydrogen-bond acceptors (Lipinski definition) is 3. The summed E-state index contributed by atoms with van der Waals surface area (Å²) in [5.41, 5.74) is 2.28. The number of anilines is 1. The third-order valence-corrected chi connectivity index (χ3v) is 3.76. The molecule has 0 aliphatic heterocycles. The molecule has 1 aromatic carbocycles. The lowest BCUT2D eigenvalue weighted by molar-refractivity contribution is 1.05. The summed E-state index contributed by atoms with van der Waals surface area (Å²) in [5, 5.41) is 6.59. The van der Waals surface area contributed by atoms with E-state index in [0.717, 1.165) is 17.2 Å². The van der Waals surface area contributed by atoms with E-state index in [0.29, 0.717) is 0 Å². The molecule has 0 saturated carbocycles. The highest BCUT2D eigenvalue weighted by Crippen LogP contribution is 2.18. The number of benzene rings is 1. The molecule has 4 heteroatoms. The van der Waals surface area contributed by atoms with Crippen LogP contribution < -0.4 is 5.32 Å². The lowest BCUT2D eigenvalue weighted by atomic mass is 10.3. The molecular formula is C11H11IN2S. The Hall–Kier alpha value is -0.620. The van der Waals surface area contributed by atoms with Gasteiger partial charge in [0.25, 0.3) is 0 Å². The second kappa shape index (κ2) is 4.94. The Morgan fingerprint density at radius 3 is 2.87 bits per heavy atom. The molecule has 2 rings (SSSR count). The summed E-state index contributed by atoms with van der Waals surface area (Å²) in [6.07, 6.45) is 0. The van der Waals surface area contributed by atoms with Gasteiger partial charge in [0.15, 0.2) is 0 Å². The maximum atomic E-state index is 4.41. The minimum atomic E-state index is 0.796. The zero-order valence-electron chi connectivity index (χ0n) is 8.33. The second-order valence-corrected chi connectivity index (χ2v) is 5.42. The molecule has 0 saturated heterocycles. The molecule has 0 atom stereocenters. The fourth-order valence-corrected chi connectivity index (χ4v) is 2.47. The quantitative estimate of drug-likeness (QED) is 0.869. The van der Waals surface area contributed by atoms with Crippen LogP contribution in [-0.4, -0.2) is 4.98 Å². The number of nitrogens with zero attached hydrogens (tertiary/aromatic N) is 1. The Morgan fingerprint density at radius 2 is 2.20 bits per heavy atom. The smallest absolute Gasteiger partial charge is 0.0898 e. The molecular weight excluding hydrogens is 319 g/mol. The van der Waals surface area contributed by atoms with Crippen LogP contribution in [0.3, 0.4) is 0 Å². The van der Waals surface area contributed by atoms with Crippen LogP contribution in [0.2, 0.25) is 0 Å². The molecule has 1 heterocycles. The Kier molecular flexibility index (Phi) is 3.58. The van der Waals surface area contributed by atoms with Crippen LogP contribution in [0.1, 0.15) is 10.7 Å². The van der Waals surface area contributed by atoms with Crippen LogP contribution in [-0.2, 0) is 6.54 Å². The van der Waals surface area contributed by atoms with Crippen molar-refractivity contribution in [3.8, 4) is 0 Å². The summed E-state index contributed by atoms with van der Waals surface area (Å²) in [6, 6.07) is 8.26. The SMILES string of the molecule is Cc1nc(CNc2ccccc2I)cs1. The van der Waals surface area contributed by atoms with Gasteiger partial charge in [-0.05, 0) is 41.6 Å². The predicted molar refractivity (Wildman–Crippen MR) is 73.3 cm³/mol. The summed E-state index contributed by atoms with van der Waals surface area (Å²) < 4.78 is 1.24. The molecule has 0 aliphatic rings. The van der Waals surface area contributed by atoms with Crippen molar-refractivity contribution in [3.05, 3.63) is 43.9 Å². The van der Waals surface area contributed by atoms with Gasteiger partial charge >= 0.3 is 0 Å². The van der Waals surface area contributed by atoms with Crippen LogP contribution in [0.25, 0.3) is 0 Å². The molecule has 0 unspecified atom stereocenters.